The van der Waals surface area contributed by atoms with Crippen molar-refractivity contribution in [2.75, 3.05) is 38.5 Å². The van der Waals surface area contributed by atoms with E-state index in [1.54, 1.807) is 0 Å². The van der Waals surface area contributed by atoms with Crippen molar-refractivity contribution in [1.82, 2.24) is 15.3 Å². The van der Waals surface area contributed by atoms with Crippen LogP contribution in [0, 0.1) is 13.8 Å². The molecule has 0 aromatic heterocycles. The van der Waals surface area contributed by atoms with Crippen LogP contribution in [0.5, 0.6) is 0 Å². The monoisotopic (exact) mass is 278 g/mol. The van der Waals surface area contributed by atoms with E-state index < -0.39 is 0 Å². The number of hydrogen-bond acceptors (Lipinski definition) is 3. The molecule has 0 spiro atoms. The van der Waals surface area contributed by atoms with E-state index in [1.807, 2.05) is 0 Å². The maximum atomic E-state index is 5.36. The zero-order chi connectivity index (χ0) is 13.8. The summed E-state index contributed by atoms with van der Waals surface area (Å²) in [6.07, 6.45) is 0. The lowest BCUT2D eigenvalue weighted by Gasteiger charge is -2.33. The molecule has 0 amide bonds. The predicted molar refractivity (Wildman–Crippen MR) is 84.3 cm³/mol. The Balaban J connectivity index is 1.87. The third-order valence-corrected chi connectivity index (χ3v) is 3.44. The Bertz CT molecular complexity index is 433. The lowest BCUT2D eigenvalue weighted by atomic mass is 10.1. The van der Waals surface area contributed by atoms with Crippen molar-refractivity contribution in [3.63, 3.8) is 0 Å². The molecule has 1 saturated heterocycles. The second kappa shape index (κ2) is 6.32. The Morgan fingerprint density at radius 2 is 1.63 bits per heavy atom. The lowest BCUT2D eigenvalue weighted by Crippen LogP contribution is -2.53. The van der Waals surface area contributed by atoms with Crippen molar-refractivity contribution in [1.29, 1.82) is 0 Å². The first-order valence-electron chi connectivity index (χ1n) is 6.62. The summed E-state index contributed by atoms with van der Waals surface area (Å²) in [5.74, 6) is 0. The number of aryl methyl sites for hydroxylation is 2. The SMILES string of the molecule is Cc1cc(C)cc(NC(=S)NN2CCN(C)CC2)c1. The van der Waals surface area contributed by atoms with E-state index in [9.17, 15) is 0 Å². The molecule has 1 aliphatic rings. The van der Waals surface area contributed by atoms with Gasteiger partial charge in [0, 0.05) is 31.9 Å². The summed E-state index contributed by atoms with van der Waals surface area (Å²) in [6, 6.07) is 6.36. The third-order valence-electron chi connectivity index (χ3n) is 3.24. The van der Waals surface area contributed by atoms with Crippen LogP contribution in [0.4, 0.5) is 5.69 Å². The fourth-order valence-electron chi connectivity index (χ4n) is 2.27. The highest BCUT2D eigenvalue weighted by atomic mass is 32.1. The van der Waals surface area contributed by atoms with Gasteiger partial charge in [-0.05, 0) is 56.4 Å². The third kappa shape index (κ3) is 4.45. The Labute approximate surface area is 120 Å². The van der Waals surface area contributed by atoms with Gasteiger partial charge in [0.1, 0.15) is 0 Å². The standard InChI is InChI=1S/C14H22N4S/c1-11-8-12(2)10-13(9-11)15-14(19)16-18-6-4-17(3)5-7-18/h8-10H,4-7H2,1-3H3,(H2,15,16,19). The summed E-state index contributed by atoms with van der Waals surface area (Å²) >= 11 is 5.36. The highest BCUT2D eigenvalue weighted by Crippen LogP contribution is 2.13. The van der Waals surface area contributed by atoms with Gasteiger partial charge in [0.2, 0.25) is 0 Å². The van der Waals surface area contributed by atoms with E-state index in [1.165, 1.54) is 11.1 Å². The zero-order valence-corrected chi connectivity index (χ0v) is 12.7. The highest BCUT2D eigenvalue weighted by Gasteiger charge is 2.14. The minimum atomic E-state index is 0.662. The Hall–Kier alpha value is -1.17. The zero-order valence-electron chi connectivity index (χ0n) is 11.9. The molecule has 0 bridgehead atoms. The molecule has 19 heavy (non-hydrogen) atoms. The fourth-order valence-corrected chi connectivity index (χ4v) is 2.51. The number of hydrogen-bond donors (Lipinski definition) is 2. The van der Waals surface area contributed by atoms with Crippen molar-refractivity contribution < 1.29 is 0 Å². The van der Waals surface area contributed by atoms with Gasteiger partial charge in [0.05, 0.1) is 0 Å². The average Bonchev–Trinajstić information content (AvgIpc) is 2.30. The fraction of sp³-hybridized carbons (Fsp3) is 0.500. The van der Waals surface area contributed by atoms with Crippen LogP contribution in [-0.2, 0) is 0 Å². The van der Waals surface area contributed by atoms with Crippen LogP contribution < -0.4 is 10.7 Å². The summed E-state index contributed by atoms with van der Waals surface area (Å²) in [7, 11) is 2.14. The van der Waals surface area contributed by atoms with Gasteiger partial charge >= 0.3 is 0 Å². The Morgan fingerprint density at radius 1 is 1.05 bits per heavy atom. The smallest absolute Gasteiger partial charge is 0.185 e. The Morgan fingerprint density at radius 3 is 2.21 bits per heavy atom. The second-order valence-corrected chi connectivity index (χ2v) is 5.64. The molecule has 0 saturated carbocycles. The van der Waals surface area contributed by atoms with Crippen LogP contribution in [-0.4, -0.2) is 48.2 Å². The topological polar surface area (TPSA) is 30.5 Å². The summed E-state index contributed by atoms with van der Waals surface area (Å²) in [4.78, 5) is 2.32. The molecule has 2 N–H and O–H groups in total. The molecule has 104 valence electrons. The number of benzene rings is 1. The van der Waals surface area contributed by atoms with Gasteiger partial charge in [-0.3, -0.25) is 5.43 Å². The van der Waals surface area contributed by atoms with Crippen molar-refractivity contribution >= 4 is 23.0 Å². The van der Waals surface area contributed by atoms with Crippen LogP contribution in [0.2, 0.25) is 0 Å². The summed E-state index contributed by atoms with van der Waals surface area (Å²) < 4.78 is 0. The van der Waals surface area contributed by atoms with Crippen molar-refractivity contribution in [2.45, 2.75) is 13.8 Å². The molecule has 5 heteroatoms. The van der Waals surface area contributed by atoms with E-state index >= 15 is 0 Å². The molecular weight excluding hydrogens is 256 g/mol. The number of piperazine rings is 1. The highest BCUT2D eigenvalue weighted by molar-refractivity contribution is 7.80. The van der Waals surface area contributed by atoms with Crippen LogP contribution >= 0.6 is 12.2 Å². The van der Waals surface area contributed by atoms with E-state index in [0.29, 0.717) is 5.11 Å². The summed E-state index contributed by atoms with van der Waals surface area (Å²) in [5.41, 5.74) is 6.78. The first-order chi connectivity index (χ1) is 9.02. The van der Waals surface area contributed by atoms with E-state index in [4.69, 9.17) is 12.2 Å². The minimum absolute atomic E-state index is 0.662. The molecule has 4 nitrogen and oxygen atoms in total. The first kappa shape index (κ1) is 14.2. The van der Waals surface area contributed by atoms with Gasteiger partial charge in [-0.15, -0.1) is 0 Å². The van der Waals surface area contributed by atoms with Crippen LogP contribution in [0.15, 0.2) is 18.2 Å². The van der Waals surface area contributed by atoms with E-state index in [2.05, 4.69) is 59.7 Å². The molecule has 0 atom stereocenters. The molecule has 0 radical (unpaired) electrons. The van der Waals surface area contributed by atoms with Gasteiger partial charge < -0.3 is 10.2 Å². The van der Waals surface area contributed by atoms with Gasteiger partial charge in [0.25, 0.3) is 0 Å². The predicted octanol–water partition coefficient (Wildman–Crippen LogP) is 1.75. The number of nitrogens with one attached hydrogen (secondary N) is 2. The number of thiocarbonyl (C=S) groups is 1. The van der Waals surface area contributed by atoms with Crippen molar-refractivity contribution in [3.05, 3.63) is 29.3 Å². The molecule has 2 rings (SSSR count). The van der Waals surface area contributed by atoms with E-state index in [-0.39, 0.29) is 0 Å². The van der Waals surface area contributed by atoms with Crippen LogP contribution in [0.25, 0.3) is 0 Å². The van der Waals surface area contributed by atoms with Crippen molar-refractivity contribution in [2.24, 2.45) is 0 Å². The second-order valence-electron chi connectivity index (χ2n) is 5.23. The summed E-state index contributed by atoms with van der Waals surface area (Å²) in [5, 5.41) is 6.07. The number of anilines is 1. The normalized spacial score (nSPS) is 17.2. The van der Waals surface area contributed by atoms with Crippen LogP contribution in [0.1, 0.15) is 11.1 Å². The van der Waals surface area contributed by atoms with Crippen molar-refractivity contribution in [3.8, 4) is 0 Å². The number of rotatable bonds is 2. The Kier molecular flexibility index (Phi) is 4.74. The minimum Gasteiger partial charge on any atom is -0.332 e. The summed E-state index contributed by atoms with van der Waals surface area (Å²) in [6.45, 7) is 8.30. The van der Waals surface area contributed by atoms with Gasteiger partial charge in [-0.2, -0.15) is 0 Å². The molecule has 1 aromatic carbocycles. The molecule has 0 unspecified atom stereocenters. The van der Waals surface area contributed by atoms with E-state index in [0.717, 1.165) is 31.9 Å². The average molecular weight is 278 g/mol. The molecule has 1 heterocycles. The number of hydrazine groups is 1. The molecule has 1 fully saturated rings. The largest absolute Gasteiger partial charge is 0.332 e. The maximum absolute atomic E-state index is 5.36. The van der Waals surface area contributed by atoms with Gasteiger partial charge in [-0.1, -0.05) is 6.07 Å². The number of nitrogens with zero attached hydrogens (tertiary/aromatic N) is 2. The number of likely N-dealkylation sites (N-methyl/N-ethyl adjacent to an activating group) is 1. The first-order valence-corrected chi connectivity index (χ1v) is 7.03. The lowest BCUT2D eigenvalue weighted by molar-refractivity contribution is 0.131. The molecule has 1 aliphatic heterocycles. The van der Waals surface area contributed by atoms with Gasteiger partial charge in [0.15, 0.2) is 5.11 Å². The molecule has 1 aromatic rings. The molecule has 0 aliphatic carbocycles. The van der Waals surface area contributed by atoms with Crippen LogP contribution in [0.3, 0.4) is 0 Å². The van der Waals surface area contributed by atoms with Gasteiger partial charge in [-0.25, -0.2) is 5.01 Å². The quantitative estimate of drug-likeness (QED) is 0.805. The maximum Gasteiger partial charge on any atom is 0.185 e. The molecular formula is C14H22N4S.